The maximum atomic E-state index is 9.77. The van der Waals surface area contributed by atoms with Gasteiger partial charge in [-0.3, -0.25) is 0 Å². The maximum absolute atomic E-state index is 9.77. The molecule has 3 heteroatoms. The molecule has 0 saturated heterocycles. The van der Waals surface area contributed by atoms with Gasteiger partial charge in [0.2, 0.25) is 0 Å². The van der Waals surface area contributed by atoms with Gasteiger partial charge in [-0.2, -0.15) is 0 Å². The van der Waals surface area contributed by atoms with Crippen molar-refractivity contribution in [2.75, 3.05) is 5.38 Å². The first-order chi connectivity index (χ1) is 8.59. The van der Waals surface area contributed by atoms with E-state index < -0.39 is 8.07 Å². The topological polar surface area (TPSA) is 20.2 Å². The Morgan fingerprint density at radius 3 is 2.22 bits per heavy atom. The van der Waals surface area contributed by atoms with Crippen LogP contribution in [0.3, 0.4) is 0 Å². The standard InChI is InChI=1S/C15H18OSSi/c1-18(2,13-8-4-3-5-9-13)12-17-15-11-7-6-10-14(15)16/h3-11,16H,12H2,1-2H3. The number of phenols is 1. The number of hydrogen-bond acceptors (Lipinski definition) is 2. The van der Waals surface area contributed by atoms with E-state index in [2.05, 4.69) is 43.4 Å². The minimum atomic E-state index is -1.43. The molecule has 1 nitrogen and oxygen atoms in total. The highest BCUT2D eigenvalue weighted by Gasteiger charge is 2.23. The van der Waals surface area contributed by atoms with E-state index in [9.17, 15) is 5.11 Å². The zero-order chi connectivity index (χ0) is 13.0. The molecule has 0 aromatic heterocycles. The predicted molar refractivity (Wildman–Crippen MR) is 82.4 cm³/mol. The number of thioether (sulfide) groups is 1. The number of benzene rings is 2. The lowest BCUT2D eigenvalue weighted by Gasteiger charge is -2.22. The van der Waals surface area contributed by atoms with E-state index in [1.807, 2.05) is 18.2 Å². The molecule has 2 aromatic carbocycles. The second-order valence-electron chi connectivity index (χ2n) is 5.01. The van der Waals surface area contributed by atoms with E-state index in [4.69, 9.17) is 0 Å². The molecule has 94 valence electrons. The summed E-state index contributed by atoms with van der Waals surface area (Å²) in [5, 5.41) is 12.3. The van der Waals surface area contributed by atoms with Crippen LogP contribution in [0, 0.1) is 0 Å². The molecule has 0 atom stereocenters. The number of rotatable bonds is 4. The molecule has 2 aromatic rings. The van der Waals surface area contributed by atoms with E-state index in [1.165, 1.54) is 5.19 Å². The van der Waals surface area contributed by atoms with Crippen LogP contribution in [0.2, 0.25) is 13.1 Å². The van der Waals surface area contributed by atoms with Gasteiger partial charge in [-0.15, -0.1) is 11.8 Å². The second-order valence-corrected chi connectivity index (χ2v) is 11.2. The molecule has 0 radical (unpaired) electrons. The summed E-state index contributed by atoms with van der Waals surface area (Å²) in [5.41, 5.74) is 0. The van der Waals surface area contributed by atoms with Gasteiger partial charge in [-0.25, -0.2) is 0 Å². The van der Waals surface area contributed by atoms with E-state index in [0.717, 1.165) is 10.3 Å². The van der Waals surface area contributed by atoms with E-state index >= 15 is 0 Å². The van der Waals surface area contributed by atoms with Crippen LogP contribution in [0.15, 0.2) is 59.5 Å². The van der Waals surface area contributed by atoms with E-state index in [1.54, 1.807) is 17.8 Å². The van der Waals surface area contributed by atoms with Crippen LogP contribution in [-0.4, -0.2) is 18.6 Å². The van der Waals surface area contributed by atoms with Crippen molar-refractivity contribution in [2.45, 2.75) is 18.0 Å². The Morgan fingerprint density at radius 2 is 1.56 bits per heavy atom. The van der Waals surface area contributed by atoms with Crippen molar-refractivity contribution >= 4 is 25.0 Å². The molecule has 0 aliphatic heterocycles. The third-order valence-corrected chi connectivity index (χ3v) is 9.03. The Balaban J connectivity index is 2.08. The summed E-state index contributed by atoms with van der Waals surface area (Å²) in [4.78, 5) is 0.981. The Kier molecular flexibility index (Phi) is 4.14. The summed E-state index contributed by atoms with van der Waals surface area (Å²) in [6.07, 6.45) is 0. The van der Waals surface area contributed by atoms with Gasteiger partial charge in [0.05, 0.1) is 8.07 Å². The van der Waals surface area contributed by atoms with Crippen molar-refractivity contribution < 1.29 is 5.11 Å². The average Bonchev–Trinajstić information content (AvgIpc) is 2.39. The van der Waals surface area contributed by atoms with E-state index in [0.29, 0.717) is 5.75 Å². The fraction of sp³-hybridized carbons (Fsp3) is 0.200. The predicted octanol–water partition coefficient (Wildman–Crippen LogP) is 3.64. The fourth-order valence-electron chi connectivity index (χ4n) is 1.81. The normalized spacial score (nSPS) is 11.4. The molecule has 0 spiro atoms. The van der Waals surface area contributed by atoms with Crippen LogP contribution in [0.4, 0.5) is 0 Å². The first kappa shape index (κ1) is 13.2. The maximum Gasteiger partial charge on any atom is 0.129 e. The molecule has 0 aliphatic carbocycles. The summed E-state index contributed by atoms with van der Waals surface area (Å²) in [7, 11) is -1.43. The van der Waals surface area contributed by atoms with Crippen LogP contribution in [0.1, 0.15) is 0 Å². The molecule has 1 N–H and O–H groups in total. The third kappa shape index (κ3) is 3.18. The summed E-state index contributed by atoms with van der Waals surface area (Å²) in [6.45, 7) is 4.74. The van der Waals surface area contributed by atoms with Gasteiger partial charge in [0.25, 0.3) is 0 Å². The monoisotopic (exact) mass is 274 g/mol. The Labute approximate surface area is 114 Å². The van der Waals surface area contributed by atoms with Crippen molar-refractivity contribution in [3.05, 3.63) is 54.6 Å². The molecule has 0 aliphatic rings. The minimum Gasteiger partial charge on any atom is -0.507 e. The Morgan fingerprint density at radius 1 is 0.944 bits per heavy atom. The highest BCUT2D eigenvalue weighted by molar-refractivity contribution is 8.01. The van der Waals surface area contributed by atoms with Gasteiger partial charge in [0, 0.05) is 4.90 Å². The van der Waals surface area contributed by atoms with Crippen molar-refractivity contribution in [2.24, 2.45) is 0 Å². The molecule has 0 saturated carbocycles. The molecule has 2 rings (SSSR count). The quantitative estimate of drug-likeness (QED) is 0.678. The molecule has 0 heterocycles. The summed E-state index contributed by atoms with van der Waals surface area (Å²) < 4.78 is 0. The van der Waals surface area contributed by atoms with Gasteiger partial charge >= 0.3 is 0 Å². The highest BCUT2D eigenvalue weighted by atomic mass is 32.2. The number of phenolic OH excluding ortho intramolecular Hbond substituents is 1. The average molecular weight is 274 g/mol. The Bertz CT molecular complexity index is 511. The van der Waals surface area contributed by atoms with Crippen molar-refractivity contribution in [1.29, 1.82) is 0 Å². The second kappa shape index (κ2) is 5.63. The first-order valence-electron chi connectivity index (χ1n) is 6.06. The van der Waals surface area contributed by atoms with Crippen LogP contribution >= 0.6 is 11.8 Å². The number of para-hydroxylation sites is 1. The first-order valence-corrected chi connectivity index (χ1v) is 10.3. The zero-order valence-corrected chi connectivity index (χ0v) is 12.6. The molecule has 0 fully saturated rings. The SMILES string of the molecule is C[Si](C)(CSc1ccccc1O)c1ccccc1. The largest absolute Gasteiger partial charge is 0.507 e. The molecule has 18 heavy (non-hydrogen) atoms. The minimum absolute atomic E-state index is 0.389. The fourth-order valence-corrected chi connectivity index (χ4v) is 6.03. The van der Waals surface area contributed by atoms with Gasteiger partial charge < -0.3 is 5.11 Å². The van der Waals surface area contributed by atoms with Crippen LogP contribution in [0.5, 0.6) is 5.75 Å². The Hall–Kier alpha value is -1.19. The van der Waals surface area contributed by atoms with Crippen molar-refractivity contribution in [1.82, 2.24) is 0 Å². The summed E-state index contributed by atoms with van der Waals surface area (Å²) in [5.74, 6) is 0.389. The lowest BCUT2D eigenvalue weighted by molar-refractivity contribution is 0.462. The van der Waals surface area contributed by atoms with Crippen molar-refractivity contribution in [3.8, 4) is 5.75 Å². The van der Waals surface area contributed by atoms with Crippen molar-refractivity contribution in [3.63, 3.8) is 0 Å². The van der Waals surface area contributed by atoms with Crippen LogP contribution in [-0.2, 0) is 0 Å². The van der Waals surface area contributed by atoms with Crippen LogP contribution < -0.4 is 5.19 Å². The summed E-state index contributed by atoms with van der Waals surface area (Å²) in [6, 6.07) is 18.3. The number of aromatic hydroxyl groups is 1. The summed E-state index contributed by atoms with van der Waals surface area (Å²) >= 11 is 1.76. The van der Waals surface area contributed by atoms with Gasteiger partial charge in [0.15, 0.2) is 0 Å². The van der Waals surface area contributed by atoms with Gasteiger partial charge in [0.1, 0.15) is 5.75 Å². The van der Waals surface area contributed by atoms with Crippen LogP contribution in [0.25, 0.3) is 0 Å². The number of hydrogen-bond donors (Lipinski definition) is 1. The lowest BCUT2D eigenvalue weighted by atomic mass is 10.3. The molecule has 0 amide bonds. The third-order valence-electron chi connectivity index (χ3n) is 3.01. The molecular formula is C15H18OSSi. The smallest absolute Gasteiger partial charge is 0.129 e. The zero-order valence-electron chi connectivity index (χ0n) is 10.8. The molecule has 0 unspecified atom stereocenters. The molecule has 0 bridgehead atoms. The molecular weight excluding hydrogens is 256 g/mol. The highest BCUT2D eigenvalue weighted by Crippen LogP contribution is 2.29. The van der Waals surface area contributed by atoms with E-state index in [-0.39, 0.29) is 0 Å². The van der Waals surface area contributed by atoms with Gasteiger partial charge in [-0.1, -0.05) is 60.7 Å². The van der Waals surface area contributed by atoms with Gasteiger partial charge in [-0.05, 0) is 17.5 Å². The lowest BCUT2D eigenvalue weighted by Crippen LogP contribution is -2.44.